The maximum atomic E-state index is 11.9. The van der Waals surface area contributed by atoms with Gasteiger partial charge >= 0.3 is 11.9 Å². The summed E-state index contributed by atoms with van der Waals surface area (Å²) in [5, 5.41) is 9.46. The van der Waals surface area contributed by atoms with E-state index in [4.69, 9.17) is 9.47 Å². The Morgan fingerprint density at radius 3 is 1.15 bits per heavy atom. The molecule has 46 heavy (non-hydrogen) atoms. The van der Waals surface area contributed by atoms with Crippen LogP contribution in [0.2, 0.25) is 0 Å². The number of hydrogen-bond acceptors (Lipinski definition) is 6. The van der Waals surface area contributed by atoms with E-state index in [2.05, 4.69) is 32.6 Å². The maximum Gasteiger partial charge on any atom is 0.305 e. The summed E-state index contributed by atoms with van der Waals surface area (Å²) in [6, 6.07) is 0. The summed E-state index contributed by atoms with van der Waals surface area (Å²) in [6.07, 6.45) is 29.5. The molecule has 1 N–H and O–H groups in total. The van der Waals surface area contributed by atoms with Crippen LogP contribution in [0.1, 0.15) is 195 Å². The Kier molecular flexibility index (Phi) is 34.3. The number of ether oxygens (including phenoxy) is 2. The van der Waals surface area contributed by atoms with Crippen LogP contribution >= 0.6 is 0 Å². The van der Waals surface area contributed by atoms with Crippen molar-refractivity contribution in [3.63, 3.8) is 0 Å². The second-order valence-electron chi connectivity index (χ2n) is 14.6. The number of aliphatic hydroxyl groups excluding tert-OH is 1. The van der Waals surface area contributed by atoms with Crippen molar-refractivity contribution in [1.29, 1.82) is 0 Å². The lowest BCUT2D eigenvalue weighted by molar-refractivity contribution is -0.144. The van der Waals surface area contributed by atoms with Gasteiger partial charge in [-0.25, -0.2) is 0 Å². The number of nitrogens with zero attached hydrogens (tertiary/aromatic N) is 1. The van der Waals surface area contributed by atoms with Gasteiger partial charge < -0.3 is 19.5 Å². The lowest BCUT2D eigenvalue weighted by atomic mass is 10.0. The van der Waals surface area contributed by atoms with Gasteiger partial charge in [-0.15, -0.1) is 0 Å². The molecule has 0 aromatic heterocycles. The Balaban J connectivity index is 3.53. The Hall–Kier alpha value is -1.14. The minimum absolute atomic E-state index is 0.0259. The number of esters is 2. The van der Waals surface area contributed by atoms with Gasteiger partial charge in [-0.3, -0.25) is 9.59 Å². The van der Waals surface area contributed by atoms with Crippen LogP contribution in [-0.2, 0) is 19.1 Å². The zero-order valence-electron chi connectivity index (χ0n) is 31.3. The van der Waals surface area contributed by atoms with Crippen LogP contribution in [0.3, 0.4) is 0 Å². The van der Waals surface area contributed by atoms with Gasteiger partial charge in [0.1, 0.15) is 0 Å². The first kappa shape index (κ1) is 44.9. The molecular formula is C40H79NO5. The highest BCUT2D eigenvalue weighted by molar-refractivity contribution is 5.69. The molecule has 0 aliphatic carbocycles. The van der Waals surface area contributed by atoms with E-state index in [1.165, 1.54) is 89.9 Å². The van der Waals surface area contributed by atoms with Gasteiger partial charge in [0.15, 0.2) is 0 Å². The molecule has 0 saturated carbocycles. The van der Waals surface area contributed by atoms with Gasteiger partial charge in [-0.05, 0) is 63.5 Å². The predicted molar refractivity (Wildman–Crippen MR) is 195 cm³/mol. The Bertz CT molecular complexity index is 602. The summed E-state index contributed by atoms with van der Waals surface area (Å²) < 4.78 is 10.8. The molecule has 0 aromatic carbocycles. The first-order valence-electron chi connectivity index (χ1n) is 20.0. The van der Waals surface area contributed by atoms with Gasteiger partial charge in [0.05, 0.1) is 19.8 Å². The molecule has 6 nitrogen and oxygen atoms in total. The summed E-state index contributed by atoms with van der Waals surface area (Å²) in [5.41, 5.74) is 0. The summed E-state index contributed by atoms with van der Waals surface area (Å²) in [4.78, 5) is 26.3. The van der Waals surface area contributed by atoms with Crippen LogP contribution in [0.5, 0.6) is 0 Å². The van der Waals surface area contributed by atoms with Crippen molar-refractivity contribution >= 4 is 11.9 Å². The van der Waals surface area contributed by atoms with E-state index in [0.29, 0.717) is 26.1 Å². The molecule has 0 bridgehead atoms. The third kappa shape index (κ3) is 35.7. The molecule has 6 heteroatoms. The fourth-order valence-corrected chi connectivity index (χ4v) is 5.99. The average Bonchev–Trinajstić information content (AvgIpc) is 3.01. The lowest BCUT2D eigenvalue weighted by Crippen LogP contribution is -2.29. The van der Waals surface area contributed by atoms with Crippen molar-refractivity contribution in [1.82, 2.24) is 4.90 Å². The maximum absolute atomic E-state index is 11.9. The van der Waals surface area contributed by atoms with Gasteiger partial charge in [0.25, 0.3) is 0 Å². The third-order valence-corrected chi connectivity index (χ3v) is 9.00. The monoisotopic (exact) mass is 654 g/mol. The molecule has 0 aliphatic rings. The molecule has 0 spiro atoms. The smallest absolute Gasteiger partial charge is 0.305 e. The van der Waals surface area contributed by atoms with Gasteiger partial charge in [0.2, 0.25) is 0 Å². The quantitative estimate of drug-likeness (QED) is 0.0536. The normalized spacial score (nSPS) is 11.7. The fraction of sp³-hybridized carbons (Fsp3) is 0.950. The first-order chi connectivity index (χ1) is 22.3. The van der Waals surface area contributed by atoms with Crippen molar-refractivity contribution in [2.24, 2.45) is 11.8 Å². The fourth-order valence-electron chi connectivity index (χ4n) is 5.99. The molecule has 0 rings (SSSR count). The van der Waals surface area contributed by atoms with Gasteiger partial charge in [0, 0.05) is 19.4 Å². The summed E-state index contributed by atoms with van der Waals surface area (Å²) in [5.74, 6) is 1.57. The molecule has 0 aliphatic heterocycles. The topological polar surface area (TPSA) is 76.1 Å². The minimum atomic E-state index is -0.0259. The highest BCUT2D eigenvalue weighted by Crippen LogP contribution is 2.14. The second kappa shape index (κ2) is 35.2. The predicted octanol–water partition coefficient (Wildman–Crippen LogP) is 10.8. The molecule has 274 valence electrons. The summed E-state index contributed by atoms with van der Waals surface area (Å²) in [6.45, 7) is 13.3. The molecule has 0 unspecified atom stereocenters. The van der Waals surface area contributed by atoms with Crippen LogP contribution in [-0.4, -0.2) is 61.4 Å². The molecule has 0 fully saturated rings. The number of rotatable bonds is 36. The number of carbonyl (C=O) groups excluding carboxylic acids is 2. The minimum Gasteiger partial charge on any atom is -0.466 e. The molecule has 0 atom stereocenters. The molecule has 0 amide bonds. The highest BCUT2D eigenvalue weighted by Gasteiger charge is 2.06. The molecule has 0 radical (unpaired) electrons. The summed E-state index contributed by atoms with van der Waals surface area (Å²) in [7, 11) is 0. The average molecular weight is 654 g/mol. The van der Waals surface area contributed by atoms with Crippen molar-refractivity contribution in [3.05, 3.63) is 0 Å². The van der Waals surface area contributed by atoms with Crippen LogP contribution in [0.4, 0.5) is 0 Å². The molecule has 0 heterocycles. The van der Waals surface area contributed by atoms with Crippen molar-refractivity contribution in [2.75, 3.05) is 39.5 Å². The van der Waals surface area contributed by atoms with Crippen molar-refractivity contribution in [2.45, 2.75) is 195 Å². The zero-order valence-corrected chi connectivity index (χ0v) is 31.3. The zero-order chi connectivity index (χ0) is 33.9. The summed E-state index contributed by atoms with van der Waals surface area (Å²) >= 11 is 0. The Morgan fingerprint density at radius 2 is 0.783 bits per heavy atom. The van der Waals surface area contributed by atoms with E-state index < -0.39 is 0 Å². The SMILES string of the molecule is CC(C)CCCCCCCCC(=O)OCCCCCCCN(CCO)CCCCCCCOC(=O)CCCCCCCCC(C)C. The highest BCUT2D eigenvalue weighted by atomic mass is 16.5. The Morgan fingerprint density at radius 1 is 0.457 bits per heavy atom. The van der Waals surface area contributed by atoms with E-state index in [0.717, 1.165) is 95.7 Å². The van der Waals surface area contributed by atoms with E-state index in [1.54, 1.807) is 0 Å². The van der Waals surface area contributed by atoms with Crippen LogP contribution in [0, 0.1) is 11.8 Å². The second-order valence-corrected chi connectivity index (χ2v) is 14.6. The Labute approximate surface area is 286 Å². The first-order valence-corrected chi connectivity index (χ1v) is 20.0. The molecular weight excluding hydrogens is 574 g/mol. The van der Waals surface area contributed by atoms with Crippen LogP contribution < -0.4 is 0 Å². The van der Waals surface area contributed by atoms with E-state index in [-0.39, 0.29) is 18.5 Å². The largest absolute Gasteiger partial charge is 0.466 e. The van der Waals surface area contributed by atoms with Gasteiger partial charge in [-0.1, -0.05) is 143 Å². The number of aliphatic hydroxyl groups is 1. The van der Waals surface area contributed by atoms with Crippen LogP contribution in [0.25, 0.3) is 0 Å². The standard InChI is InChI=1S/C40H79NO5/c1-37(2)27-19-11-5-7-13-21-29-39(43)45-35-25-17-9-15-23-31-41(33-34-42)32-24-16-10-18-26-36-46-40(44)30-22-14-8-6-12-20-28-38(3)4/h37-38,42H,5-36H2,1-4H3. The number of hydrogen-bond donors (Lipinski definition) is 1. The van der Waals surface area contributed by atoms with Crippen molar-refractivity contribution < 1.29 is 24.2 Å². The van der Waals surface area contributed by atoms with E-state index in [9.17, 15) is 14.7 Å². The lowest BCUT2D eigenvalue weighted by Gasteiger charge is -2.21. The number of unbranched alkanes of at least 4 members (excludes halogenated alkanes) is 18. The van der Waals surface area contributed by atoms with Gasteiger partial charge in [-0.2, -0.15) is 0 Å². The van der Waals surface area contributed by atoms with Crippen LogP contribution in [0.15, 0.2) is 0 Å². The van der Waals surface area contributed by atoms with Crippen molar-refractivity contribution in [3.8, 4) is 0 Å². The molecule has 0 aromatic rings. The third-order valence-electron chi connectivity index (χ3n) is 9.00. The van der Waals surface area contributed by atoms with E-state index in [1.807, 2.05) is 0 Å². The molecule has 0 saturated heterocycles. The number of carbonyl (C=O) groups is 2. The van der Waals surface area contributed by atoms with E-state index >= 15 is 0 Å².